The molecule has 124 valence electrons. The number of nitrogens with zero attached hydrogens (tertiary/aromatic N) is 2. The average molecular weight is 307 g/mol. The van der Waals surface area contributed by atoms with Gasteiger partial charge in [0.05, 0.1) is 6.10 Å². The topological polar surface area (TPSA) is 44.8 Å². The first-order valence-electron chi connectivity index (χ1n) is 9.18. The SMILES string of the molecule is O=C(NC1CC1)[C@@H]1C[C@H]2CCN(CCN3CCCC3)C[C@@H]2O1. The second kappa shape index (κ2) is 6.46. The first-order chi connectivity index (χ1) is 10.8. The second-order valence-corrected chi connectivity index (χ2v) is 7.58. The van der Waals surface area contributed by atoms with Crippen molar-refractivity contribution in [2.24, 2.45) is 5.92 Å². The molecule has 0 bridgehead atoms. The van der Waals surface area contributed by atoms with Crippen LogP contribution >= 0.6 is 0 Å². The third-order valence-corrected chi connectivity index (χ3v) is 5.78. The van der Waals surface area contributed by atoms with Crippen molar-refractivity contribution in [3.63, 3.8) is 0 Å². The standard InChI is InChI=1S/C17H29N3O2/c21-17(18-14-3-4-14)15-11-13-5-8-20(12-16(13)22-15)10-9-19-6-1-2-7-19/h13-16H,1-12H2,(H,18,21)/t13-,15+,16+/m1/s1. The number of amides is 1. The molecule has 1 saturated carbocycles. The Kier molecular flexibility index (Phi) is 4.38. The number of fused-ring (bicyclic) bond motifs is 1. The number of hydrogen-bond donors (Lipinski definition) is 1. The fraction of sp³-hybridized carbons (Fsp3) is 0.941. The van der Waals surface area contributed by atoms with Gasteiger partial charge in [-0.25, -0.2) is 0 Å². The van der Waals surface area contributed by atoms with E-state index in [9.17, 15) is 4.79 Å². The molecule has 4 rings (SSSR count). The Morgan fingerprint density at radius 2 is 1.82 bits per heavy atom. The van der Waals surface area contributed by atoms with Gasteiger partial charge in [-0.3, -0.25) is 9.69 Å². The molecule has 4 fully saturated rings. The van der Waals surface area contributed by atoms with E-state index in [-0.39, 0.29) is 18.1 Å². The van der Waals surface area contributed by atoms with Gasteiger partial charge >= 0.3 is 0 Å². The van der Waals surface area contributed by atoms with Crippen LogP contribution in [0, 0.1) is 5.92 Å². The number of ether oxygens (including phenoxy) is 1. The zero-order valence-electron chi connectivity index (χ0n) is 13.5. The van der Waals surface area contributed by atoms with Gasteiger partial charge in [0.1, 0.15) is 6.10 Å². The molecule has 3 atom stereocenters. The van der Waals surface area contributed by atoms with Gasteiger partial charge in [0.2, 0.25) is 5.91 Å². The molecule has 0 aromatic rings. The zero-order chi connectivity index (χ0) is 14.9. The Morgan fingerprint density at radius 3 is 2.59 bits per heavy atom. The Balaban J connectivity index is 1.23. The van der Waals surface area contributed by atoms with Crippen molar-refractivity contribution in [1.29, 1.82) is 0 Å². The molecule has 5 nitrogen and oxygen atoms in total. The van der Waals surface area contributed by atoms with E-state index in [4.69, 9.17) is 4.74 Å². The molecule has 1 aliphatic carbocycles. The van der Waals surface area contributed by atoms with Crippen LogP contribution in [-0.2, 0) is 9.53 Å². The molecule has 0 unspecified atom stereocenters. The summed E-state index contributed by atoms with van der Waals surface area (Å²) < 4.78 is 6.09. The third kappa shape index (κ3) is 3.47. The number of nitrogens with one attached hydrogen (secondary N) is 1. The Morgan fingerprint density at radius 1 is 1.05 bits per heavy atom. The van der Waals surface area contributed by atoms with Gasteiger partial charge in [-0.1, -0.05) is 0 Å². The van der Waals surface area contributed by atoms with Crippen LogP contribution in [0.2, 0.25) is 0 Å². The van der Waals surface area contributed by atoms with Gasteiger partial charge in [-0.05, 0) is 64.1 Å². The molecular formula is C17H29N3O2. The lowest BCUT2D eigenvalue weighted by Gasteiger charge is -2.34. The van der Waals surface area contributed by atoms with Gasteiger partial charge in [0, 0.05) is 25.7 Å². The molecule has 0 aromatic heterocycles. The lowest BCUT2D eigenvalue weighted by molar-refractivity contribution is -0.133. The summed E-state index contributed by atoms with van der Waals surface area (Å²) in [5.41, 5.74) is 0. The molecule has 3 saturated heterocycles. The minimum Gasteiger partial charge on any atom is -0.364 e. The van der Waals surface area contributed by atoms with Crippen LogP contribution in [0.3, 0.4) is 0 Å². The highest BCUT2D eigenvalue weighted by atomic mass is 16.5. The normalized spacial score (nSPS) is 36.5. The third-order valence-electron chi connectivity index (χ3n) is 5.78. The predicted octanol–water partition coefficient (Wildman–Crippen LogP) is 0.840. The van der Waals surface area contributed by atoms with E-state index in [1.165, 1.54) is 45.4 Å². The van der Waals surface area contributed by atoms with Crippen molar-refractivity contribution >= 4 is 5.91 Å². The summed E-state index contributed by atoms with van der Waals surface area (Å²) in [5, 5.41) is 3.09. The lowest BCUT2D eigenvalue weighted by Crippen LogP contribution is -2.45. The van der Waals surface area contributed by atoms with E-state index in [1.54, 1.807) is 0 Å². The fourth-order valence-corrected chi connectivity index (χ4v) is 4.18. The molecule has 0 aromatic carbocycles. The molecule has 0 radical (unpaired) electrons. The number of piperidine rings is 1. The van der Waals surface area contributed by atoms with Crippen LogP contribution < -0.4 is 5.32 Å². The maximum absolute atomic E-state index is 12.2. The van der Waals surface area contributed by atoms with E-state index < -0.39 is 0 Å². The van der Waals surface area contributed by atoms with E-state index in [0.717, 1.165) is 32.4 Å². The van der Waals surface area contributed by atoms with Crippen LogP contribution in [0.5, 0.6) is 0 Å². The number of carbonyl (C=O) groups excluding carboxylic acids is 1. The number of likely N-dealkylation sites (tertiary alicyclic amines) is 2. The molecular weight excluding hydrogens is 278 g/mol. The minimum absolute atomic E-state index is 0.139. The maximum atomic E-state index is 12.2. The van der Waals surface area contributed by atoms with Gasteiger partial charge in [0.25, 0.3) is 0 Å². The Labute approximate surface area is 133 Å². The average Bonchev–Trinajstić information content (AvgIpc) is 3.04. The predicted molar refractivity (Wildman–Crippen MR) is 84.7 cm³/mol. The highest BCUT2D eigenvalue weighted by molar-refractivity contribution is 5.81. The monoisotopic (exact) mass is 307 g/mol. The van der Waals surface area contributed by atoms with Crippen LogP contribution in [0.25, 0.3) is 0 Å². The minimum atomic E-state index is -0.186. The molecule has 0 spiro atoms. The summed E-state index contributed by atoms with van der Waals surface area (Å²) in [6.07, 6.45) is 7.25. The highest BCUT2D eigenvalue weighted by Gasteiger charge is 2.42. The van der Waals surface area contributed by atoms with E-state index in [2.05, 4.69) is 15.1 Å². The van der Waals surface area contributed by atoms with Gasteiger partial charge in [0.15, 0.2) is 0 Å². The first-order valence-corrected chi connectivity index (χ1v) is 9.18. The number of rotatable bonds is 5. The molecule has 4 aliphatic rings. The van der Waals surface area contributed by atoms with Crippen molar-refractivity contribution in [3.8, 4) is 0 Å². The molecule has 22 heavy (non-hydrogen) atoms. The summed E-state index contributed by atoms with van der Waals surface area (Å²) in [6, 6.07) is 0.440. The largest absolute Gasteiger partial charge is 0.364 e. The van der Waals surface area contributed by atoms with Gasteiger partial charge < -0.3 is 15.0 Å². The van der Waals surface area contributed by atoms with E-state index in [1.807, 2.05) is 0 Å². The summed E-state index contributed by atoms with van der Waals surface area (Å²) in [5.74, 6) is 0.735. The van der Waals surface area contributed by atoms with Crippen molar-refractivity contribution < 1.29 is 9.53 Å². The van der Waals surface area contributed by atoms with Gasteiger partial charge in [-0.15, -0.1) is 0 Å². The Hall–Kier alpha value is -0.650. The van der Waals surface area contributed by atoms with Crippen molar-refractivity contribution in [3.05, 3.63) is 0 Å². The number of hydrogen-bond acceptors (Lipinski definition) is 4. The van der Waals surface area contributed by atoms with E-state index in [0.29, 0.717) is 12.0 Å². The van der Waals surface area contributed by atoms with Crippen molar-refractivity contribution in [1.82, 2.24) is 15.1 Å². The van der Waals surface area contributed by atoms with Crippen molar-refractivity contribution in [2.75, 3.05) is 39.3 Å². The summed E-state index contributed by atoms with van der Waals surface area (Å²) >= 11 is 0. The Bertz CT molecular complexity index is 407. The maximum Gasteiger partial charge on any atom is 0.249 e. The smallest absolute Gasteiger partial charge is 0.249 e. The molecule has 3 heterocycles. The molecule has 5 heteroatoms. The second-order valence-electron chi connectivity index (χ2n) is 7.58. The van der Waals surface area contributed by atoms with E-state index >= 15 is 0 Å². The van der Waals surface area contributed by atoms with Crippen LogP contribution in [0.15, 0.2) is 0 Å². The molecule has 1 N–H and O–H groups in total. The molecule has 1 amide bonds. The van der Waals surface area contributed by atoms with Gasteiger partial charge in [-0.2, -0.15) is 0 Å². The highest BCUT2D eigenvalue weighted by Crippen LogP contribution is 2.33. The van der Waals surface area contributed by atoms with Crippen LogP contribution in [0.4, 0.5) is 0 Å². The zero-order valence-corrected chi connectivity index (χ0v) is 13.5. The summed E-state index contributed by atoms with van der Waals surface area (Å²) in [4.78, 5) is 17.3. The summed E-state index contributed by atoms with van der Waals surface area (Å²) in [7, 11) is 0. The molecule has 3 aliphatic heterocycles. The number of carbonyl (C=O) groups is 1. The summed E-state index contributed by atoms with van der Waals surface area (Å²) in [6.45, 7) is 7.11. The van der Waals surface area contributed by atoms with Crippen molar-refractivity contribution in [2.45, 2.75) is 56.8 Å². The first kappa shape index (κ1) is 14.9. The lowest BCUT2D eigenvalue weighted by atomic mass is 9.91. The van der Waals surface area contributed by atoms with Crippen LogP contribution in [-0.4, -0.2) is 73.2 Å². The quantitative estimate of drug-likeness (QED) is 0.817. The van der Waals surface area contributed by atoms with Crippen LogP contribution in [0.1, 0.15) is 38.5 Å². The fourth-order valence-electron chi connectivity index (χ4n) is 4.18.